The number of benzene rings is 2. The van der Waals surface area contributed by atoms with Gasteiger partial charge in [0, 0.05) is 16.2 Å². The molecule has 152 valence electrons. The minimum Gasteiger partial charge on any atom is -0.483 e. The average molecular weight is 545 g/mol. The largest absolute Gasteiger partial charge is 0.483 e. The Labute approximate surface area is 183 Å². The number of sulfonamides is 1. The molecular weight excluding hydrogens is 530 g/mol. The predicted octanol–water partition coefficient (Wildman–Crippen LogP) is 4.33. The van der Waals surface area contributed by atoms with E-state index < -0.39 is 10.0 Å². The van der Waals surface area contributed by atoms with Gasteiger partial charge in [-0.15, -0.1) is 0 Å². The number of nitrogens with zero attached hydrogens (tertiary/aromatic N) is 1. The minimum atomic E-state index is -3.82. The zero-order valence-electron chi connectivity index (χ0n) is 15.0. The molecule has 0 atom stereocenters. The van der Waals surface area contributed by atoms with E-state index in [0.717, 1.165) is 4.47 Å². The lowest BCUT2D eigenvalue weighted by Gasteiger charge is -2.10. The Morgan fingerprint density at radius 3 is 2.48 bits per heavy atom. The summed E-state index contributed by atoms with van der Waals surface area (Å²) in [4.78, 5) is 12.1. The van der Waals surface area contributed by atoms with Crippen molar-refractivity contribution in [3.8, 4) is 5.75 Å². The SMILES string of the molecule is Cc1cc(NS(=O)(=O)c2ccc(NC(=O)COc3ccc(Br)cc3Br)cc2)no1. The molecule has 0 saturated heterocycles. The van der Waals surface area contributed by atoms with Gasteiger partial charge in [-0.05, 0) is 65.3 Å². The number of ether oxygens (including phenoxy) is 1. The lowest BCUT2D eigenvalue weighted by molar-refractivity contribution is -0.118. The number of carbonyl (C=O) groups is 1. The highest BCUT2D eigenvalue weighted by Crippen LogP contribution is 2.28. The van der Waals surface area contributed by atoms with E-state index in [0.29, 0.717) is 21.7 Å². The van der Waals surface area contributed by atoms with Gasteiger partial charge < -0.3 is 14.6 Å². The van der Waals surface area contributed by atoms with Crippen molar-refractivity contribution < 1.29 is 22.5 Å². The van der Waals surface area contributed by atoms with Crippen LogP contribution in [0.1, 0.15) is 5.76 Å². The fourth-order valence-corrected chi connectivity index (χ4v) is 4.41. The van der Waals surface area contributed by atoms with Gasteiger partial charge in [0.25, 0.3) is 15.9 Å². The van der Waals surface area contributed by atoms with Gasteiger partial charge in [-0.25, -0.2) is 8.42 Å². The molecular formula is C18H15Br2N3O5S. The van der Waals surface area contributed by atoms with Gasteiger partial charge in [0.1, 0.15) is 11.5 Å². The van der Waals surface area contributed by atoms with E-state index >= 15 is 0 Å². The van der Waals surface area contributed by atoms with Gasteiger partial charge in [-0.3, -0.25) is 9.52 Å². The fourth-order valence-electron chi connectivity index (χ4n) is 2.26. The van der Waals surface area contributed by atoms with Gasteiger partial charge in [0.05, 0.1) is 9.37 Å². The van der Waals surface area contributed by atoms with Gasteiger partial charge >= 0.3 is 0 Å². The Hall–Kier alpha value is -2.37. The average Bonchev–Trinajstić information content (AvgIpc) is 3.05. The maximum absolute atomic E-state index is 12.4. The summed E-state index contributed by atoms with van der Waals surface area (Å²) < 4.78 is 38.9. The molecule has 0 aliphatic heterocycles. The van der Waals surface area contributed by atoms with E-state index in [1.807, 2.05) is 0 Å². The summed E-state index contributed by atoms with van der Waals surface area (Å²) in [5.41, 5.74) is 0.435. The van der Waals surface area contributed by atoms with E-state index in [-0.39, 0.29) is 23.2 Å². The van der Waals surface area contributed by atoms with Crippen LogP contribution in [-0.2, 0) is 14.8 Å². The van der Waals surface area contributed by atoms with Crippen LogP contribution in [0.3, 0.4) is 0 Å². The number of carbonyl (C=O) groups excluding carboxylic acids is 1. The Morgan fingerprint density at radius 2 is 1.86 bits per heavy atom. The number of halogens is 2. The predicted molar refractivity (Wildman–Crippen MR) is 114 cm³/mol. The van der Waals surface area contributed by atoms with Crippen LogP contribution in [0.4, 0.5) is 11.5 Å². The number of hydrogen-bond acceptors (Lipinski definition) is 6. The number of anilines is 2. The first-order valence-corrected chi connectivity index (χ1v) is 11.2. The summed E-state index contributed by atoms with van der Waals surface area (Å²) in [6, 6.07) is 12.5. The first-order chi connectivity index (χ1) is 13.7. The number of nitrogens with one attached hydrogen (secondary N) is 2. The molecule has 2 aromatic carbocycles. The fraction of sp³-hybridized carbons (Fsp3) is 0.111. The second kappa shape index (κ2) is 8.97. The molecule has 0 saturated carbocycles. The molecule has 29 heavy (non-hydrogen) atoms. The number of hydrogen-bond donors (Lipinski definition) is 2. The molecule has 8 nitrogen and oxygen atoms in total. The summed E-state index contributed by atoms with van der Waals surface area (Å²) in [7, 11) is -3.82. The van der Waals surface area contributed by atoms with E-state index in [9.17, 15) is 13.2 Å². The molecule has 1 heterocycles. The maximum Gasteiger partial charge on any atom is 0.263 e. The van der Waals surface area contributed by atoms with E-state index in [1.165, 1.54) is 30.3 Å². The van der Waals surface area contributed by atoms with Crippen molar-refractivity contribution in [3.63, 3.8) is 0 Å². The molecule has 11 heteroatoms. The lowest BCUT2D eigenvalue weighted by Crippen LogP contribution is -2.20. The third kappa shape index (κ3) is 5.81. The van der Waals surface area contributed by atoms with E-state index in [2.05, 4.69) is 47.1 Å². The molecule has 0 bridgehead atoms. The molecule has 1 amide bonds. The topological polar surface area (TPSA) is 111 Å². The molecule has 2 N–H and O–H groups in total. The summed E-state index contributed by atoms with van der Waals surface area (Å²) in [6.45, 7) is 1.45. The summed E-state index contributed by atoms with van der Waals surface area (Å²) in [5.74, 6) is 0.722. The number of aromatic nitrogens is 1. The van der Waals surface area contributed by atoms with Crippen molar-refractivity contribution in [2.75, 3.05) is 16.6 Å². The third-order valence-corrected chi connectivity index (χ3v) is 6.05. The minimum absolute atomic E-state index is 0.0196. The van der Waals surface area contributed by atoms with Crippen LogP contribution < -0.4 is 14.8 Å². The second-order valence-corrected chi connectivity index (χ2v) is 9.32. The van der Waals surface area contributed by atoms with Crippen molar-refractivity contribution in [1.82, 2.24) is 5.16 Å². The Morgan fingerprint density at radius 1 is 1.14 bits per heavy atom. The van der Waals surface area contributed by atoms with E-state index in [4.69, 9.17) is 9.26 Å². The highest BCUT2D eigenvalue weighted by Gasteiger charge is 2.16. The number of rotatable bonds is 7. The molecule has 0 aliphatic rings. The summed E-state index contributed by atoms with van der Waals surface area (Å²) in [5, 5.41) is 6.24. The summed E-state index contributed by atoms with van der Waals surface area (Å²) >= 11 is 6.70. The summed E-state index contributed by atoms with van der Waals surface area (Å²) in [6.07, 6.45) is 0. The lowest BCUT2D eigenvalue weighted by atomic mass is 10.3. The normalized spacial score (nSPS) is 11.1. The van der Waals surface area contributed by atoms with Crippen molar-refractivity contribution >= 4 is 59.3 Å². The van der Waals surface area contributed by atoms with Gasteiger partial charge in [-0.2, -0.15) is 0 Å². The van der Waals surface area contributed by atoms with Crippen LogP contribution in [0.5, 0.6) is 5.75 Å². The van der Waals surface area contributed by atoms with E-state index in [1.54, 1.807) is 25.1 Å². The molecule has 0 spiro atoms. The van der Waals surface area contributed by atoms with Gasteiger partial charge in [-0.1, -0.05) is 21.1 Å². The number of amides is 1. The molecule has 3 aromatic rings. The first-order valence-electron chi connectivity index (χ1n) is 8.17. The second-order valence-electron chi connectivity index (χ2n) is 5.86. The molecule has 0 fully saturated rings. The standard InChI is InChI=1S/C18H15Br2N3O5S/c1-11-8-17(22-28-11)23-29(25,26)14-5-3-13(4-6-14)21-18(24)10-27-16-7-2-12(19)9-15(16)20/h2-9H,10H2,1H3,(H,21,24)(H,22,23). The quantitative estimate of drug-likeness (QED) is 0.458. The van der Waals surface area contributed by atoms with Crippen molar-refractivity contribution in [3.05, 3.63) is 63.2 Å². The number of aryl methyl sites for hydroxylation is 1. The van der Waals surface area contributed by atoms with Crippen LogP contribution in [0, 0.1) is 6.92 Å². The van der Waals surface area contributed by atoms with Crippen LogP contribution in [0.15, 0.2) is 66.9 Å². The van der Waals surface area contributed by atoms with Gasteiger partial charge in [0.15, 0.2) is 12.4 Å². The third-order valence-electron chi connectivity index (χ3n) is 3.57. The first kappa shape index (κ1) is 21.3. The Balaban J connectivity index is 1.58. The highest BCUT2D eigenvalue weighted by atomic mass is 79.9. The van der Waals surface area contributed by atoms with Crippen molar-refractivity contribution in [1.29, 1.82) is 0 Å². The zero-order valence-corrected chi connectivity index (χ0v) is 19.0. The highest BCUT2D eigenvalue weighted by molar-refractivity contribution is 9.11. The van der Waals surface area contributed by atoms with Crippen LogP contribution in [-0.4, -0.2) is 26.1 Å². The molecule has 1 aromatic heterocycles. The van der Waals surface area contributed by atoms with Crippen LogP contribution in [0.25, 0.3) is 0 Å². The smallest absolute Gasteiger partial charge is 0.263 e. The van der Waals surface area contributed by atoms with Crippen molar-refractivity contribution in [2.45, 2.75) is 11.8 Å². The molecule has 0 unspecified atom stereocenters. The molecule has 3 rings (SSSR count). The van der Waals surface area contributed by atoms with Gasteiger partial charge in [0.2, 0.25) is 0 Å². The Kier molecular flexibility index (Phi) is 6.60. The monoisotopic (exact) mass is 543 g/mol. The van der Waals surface area contributed by atoms with Crippen LogP contribution >= 0.6 is 31.9 Å². The maximum atomic E-state index is 12.4. The van der Waals surface area contributed by atoms with Crippen molar-refractivity contribution in [2.24, 2.45) is 0 Å². The Bertz CT molecular complexity index is 1130. The zero-order chi connectivity index (χ0) is 21.0. The molecule has 0 aliphatic carbocycles. The molecule has 0 radical (unpaired) electrons. The van der Waals surface area contributed by atoms with Crippen LogP contribution in [0.2, 0.25) is 0 Å².